The first-order chi connectivity index (χ1) is 12.9. The number of aliphatic hydroxyl groups excluding tert-OH is 1. The highest BCUT2D eigenvalue weighted by Gasteiger charge is 2.50. The van der Waals surface area contributed by atoms with Gasteiger partial charge in [-0.25, -0.2) is 0 Å². The van der Waals surface area contributed by atoms with Gasteiger partial charge in [-0.2, -0.15) is 0 Å². The van der Waals surface area contributed by atoms with Crippen LogP contribution in [0, 0.1) is 29.1 Å². The van der Waals surface area contributed by atoms with Crippen molar-refractivity contribution in [1.29, 1.82) is 0 Å². The Hall–Kier alpha value is -0.560. The van der Waals surface area contributed by atoms with E-state index >= 15 is 0 Å². The van der Waals surface area contributed by atoms with Gasteiger partial charge in [0.1, 0.15) is 0 Å². The fourth-order valence-corrected chi connectivity index (χ4v) is 6.71. The van der Waals surface area contributed by atoms with E-state index in [0.717, 1.165) is 42.9 Å². The summed E-state index contributed by atoms with van der Waals surface area (Å²) in [5.41, 5.74) is 3.74. The molecule has 3 aliphatic rings. The van der Waals surface area contributed by atoms with Gasteiger partial charge in [-0.3, -0.25) is 0 Å². The number of hydrogen-bond acceptors (Lipinski definition) is 1. The molecule has 1 heteroatoms. The zero-order valence-electron chi connectivity index (χ0n) is 18.5. The standard InChI is InChI=1S/C26H44O/c1-19(2)8-5-9-20(3)24-15-16-25-22(11-7-17-26(24,25)4)14-13-21-10-6-12-23(27)18-21/h13-14,19-20,23-25,27H,5-12,15-18H2,1-4H3/b21-13+,22-14+/t20-,23+,24?,25+,26-/m1/s1. The lowest BCUT2D eigenvalue weighted by Crippen LogP contribution is -2.36. The molecular formula is C26H44O. The number of rotatable bonds is 6. The first kappa shape index (κ1) is 21.2. The van der Waals surface area contributed by atoms with E-state index in [1.807, 2.05) is 0 Å². The molecule has 1 nitrogen and oxygen atoms in total. The van der Waals surface area contributed by atoms with Crippen molar-refractivity contribution in [3.05, 3.63) is 23.3 Å². The molecule has 1 unspecified atom stereocenters. The molecule has 0 radical (unpaired) electrons. The number of aliphatic hydroxyl groups is 1. The van der Waals surface area contributed by atoms with Crippen LogP contribution in [0.2, 0.25) is 0 Å². The van der Waals surface area contributed by atoms with Crippen LogP contribution in [0.4, 0.5) is 0 Å². The Morgan fingerprint density at radius 1 is 1.04 bits per heavy atom. The molecule has 0 heterocycles. The molecule has 3 saturated carbocycles. The largest absolute Gasteiger partial charge is 0.393 e. The Morgan fingerprint density at radius 2 is 1.85 bits per heavy atom. The quantitative estimate of drug-likeness (QED) is 0.513. The summed E-state index contributed by atoms with van der Waals surface area (Å²) in [4.78, 5) is 0. The first-order valence-electron chi connectivity index (χ1n) is 12.0. The van der Waals surface area contributed by atoms with Gasteiger partial charge in [0.05, 0.1) is 6.10 Å². The fraction of sp³-hybridized carbons (Fsp3) is 0.846. The van der Waals surface area contributed by atoms with Crippen LogP contribution in [0.25, 0.3) is 0 Å². The van der Waals surface area contributed by atoms with Gasteiger partial charge in [-0.1, -0.05) is 70.3 Å². The average molecular weight is 373 g/mol. The fourth-order valence-electron chi connectivity index (χ4n) is 6.71. The van der Waals surface area contributed by atoms with Crippen molar-refractivity contribution in [3.63, 3.8) is 0 Å². The molecule has 3 rings (SSSR count). The predicted molar refractivity (Wildman–Crippen MR) is 117 cm³/mol. The maximum absolute atomic E-state index is 9.95. The molecule has 0 aliphatic heterocycles. The van der Waals surface area contributed by atoms with Crippen molar-refractivity contribution >= 4 is 0 Å². The molecule has 27 heavy (non-hydrogen) atoms. The smallest absolute Gasteiger partial charge is 0.0577 e. The zero-order chi connectivity index (χ0) is 19.4. The van der Waals surface area contributed by atoms with E-state index in [1.54, 1.807) is 5.57 Å². The summed E-state index contributed by atoms with van der Waals surface area (Å²) in [6.07, 6.45) is 20.2. The van der Waals surface area contributed by atoms with E-state index in [9.17, 15) is 5.11 Å². The lowest BCUT2D eigenvalue weighted by Gasteiger charge is -2.44. The Bertz CT molecular complexity index is 542. The summed E-state index contributed by atoms with van der Waals surface area (Å²) in [5.74, 6) is 3.46. The summed E-state index contributed by atoms with van der Waals surface area (Å²) in [6, 6.07) is 0. The topological polar surface area (TPSA) is 20.2 Å². The maximum Gasteiger partial charge on any atom is 0.0577 e. The Balaban J connectivity index is 1.66. The van der Waals surface area contributed by atoms with Gasteiger partial charge in [0.25, 0.3) is 0 Å². The van der Waals surface area contributed by atoms with Crippen molar-refractivity contribution in [3.8, 4) is 0 Å². The van der Waals surface area contributed by atoms with E-state index in [2.05, 4.69) is 39.8 Å². The van der Waals surface area contributed by atoms with Crippen molar-refractivity contribution in [2.45, 2.75) is 111 Å². The summed E-state index contributed by atoms with van der Waals surface area (Å²) < 4.78 is 0. The zero-order valence-corrected chi connectivity index (χ0v) is 18.5. The molecule has 0 saturated heterocycles. The molecule has 3 fully saturated rings. The van der Waals surface area contributed by atoms with Crippen LogP contribution in [0.3, 0.4) is 0 Å². The van der Waals surface area contributed by atoms with E-state index < -0.39 is 0 Å². The van der Waals surface area contributed by atoms with Crippen molar-refractivity contribution < 1.29 is 5.11 Å². The second kappa shape index (κ2) is 9.29. The van der Waals surface area contributed by atoms with E-state index in [4.69, 9.17) is 0 Å². The van der Waals surface area contributed by atoms with Gasteiger partial charge in [-0.05, 0) is 86.9 Å². The van der Waals surface area contributed by atoms with Gasteiger partial charge < -0.3 is 5.11 Å². The second-order valence-corrected chi connectivity index (χ2v) is 10.7. The van der Waals surface area contributed by atoms with Crippen molar-refractivity contribution in [2.75, 3.05) is 0 Å². The summed E-state index contributed by atoms with van der Waals surface area (Å²) in [6.45, 7) is 9.88. The molecule has 154 valence electrons. The molecule has 0 spiro atoms. The van der Waals surface area contributed by atoms with E-state index in [1.165, 1.54) is 63.4 Å². The van der Waals surface area contributed by atoms with Crippen LogP contribution in [0.15, 0.2) is 23.3 Å². The number of allylic oxidation sites excluding steroid dienone is 3. The van der Waals surface area contributed by atoms with E-state index in [-0.39, 0.29) is 6.10 Å². The summed E-state index contributed by atoms with van der Waals surface area (Å²) >= 11 is 0. The first-order valence-corrected chi connectivity index (χ1v) is 12.0. The molecule has 0 aromatic carbocycles. The molecule has 0 bridgehead atoms. The predicted octanol–water partition coefficient (Wildman–Crippen LogP) is 7.45. The molecule has 0 amide bonds. The Labute approximate surface area is 168 Å². The van der Waals surface area contributed by atoms with Gasteiger partial charge in [0, 0.05) is 0 Å². The summed E-state index contributed by atoms with van der Waals surface area (Å²) in [7, 11) is 0. The minimum Gasteiger partial charge on any atom is -0.393 e. The molecular weight excluding hydrogens is 328 g/mol. The van der Waals surface area contributed by atoms with Crippen LogP contribution in [-0.4, -0.2) is 11.2 Å². The van der Waals surface area contributed by atoms with Crippen molar-refractivity contribution in [1.82, 2.24) is 0 Å². The van der Waals surface area contributed by atoms with Gasteiger partial charge in [-0.15, -0.1) is 0 Å². The molecule has 3 aliphatic carbocycles. The maximum atomic E-state index is 9.95. The third-order valence-electron chi connectivity index (χ3n) is 8.23. The molecule has 0 aromatic heterocycles. The minimum absolute atomic E-state index is 0.0948. The average Bonchev–Trinajstić information content (AvgIpc) is 2.97. The molecule has 5 atom stereocenters. The lowest BCUT2D eigenvalue weighted by molar-refractivity contribution is 0.0928. The number of fused-ring (bicyclic) bond motifs is 1. The highest BCUT2D eigenvalue weighted by Crippen LogP contribution is 2.59. The van der Waals surface area contributed by atoms with Gasteiger partial charge in [0.2, 0.25) is 0 Å². The third-order valence-corrected chi connectivity index (χ3v) is 8.23. The Morgan fingerprint density at radius 3 is 2.59 bits per heavy atom. The summed E-state index contributed by atoms with van der Waals surface area (Å²) in [5, 5.41) is 9.95. The molecule has 1 N–H and O–H groups in total. The third kappa shape index (κ3) is 5.08. The highest BCUT2D eigenvalue weighted by molar-refractivity contribution is 5.25. The van der Waals surface area contributed by atoms with Gasteiger partial charge in [0.15, 0.2) is 0 Å². The minimum atomic E-state index is -0.0948. The molecule has 0 aromatic rings. The van der Waals surface area contributed by atoms with Gasteiger partial charge >= 0.3 is 0 Å². The van der Waals surface area contributed by atoms with Crippen LogP contribution in [-0.2, 0) is 0 Å². The number of hydrogen-bond donors (Lipinski definition) is 1. The van der Waals surface area contributed by atoms with Crippen LogP contribution < -0.4 is 0 Å². The second-order valence-electron chi connectivity index (χ2n) is 10.7. The highest BCUT2D eigenvalue weighted by atomic mass is 16.3. The van der Waals surface area contributed by atoms with E-state index in [0.29, 0.717) is 5.41 Å². The lowest BCUT2D eigenvalue weighted by atomic mass is 9.60. The van der Waals surface area contributed by atoms with Crippen LogP contribution in [0.5, 0.6) is 0 Å². The monoisotopic (exact) mass is 372 g/mol. The van der Waals surface area contributed by atoms with Crippen LogP contribution in [0.1, 0.15) is 105 Å². The normalized spacial score (nSPS) is 38.5. The Kier molecular flexibility index (Phi) is 7.28. The SMILES string of the molecule is CC(C)CCC[C@@H](C)C1CC[C@H]2/C(=C/C=C3\CCC[C@H](O)C3)CCC[C@]12C. The van der Waals surface area contributed by atoms with Crippen LogP contribution >= 0.6 is 0 Å². The van der Waals surface area contributed by atoms with Crippen molar-refractivity contribution in [2.24, 2.45) is 29.1 Å².